The first-order chi connectivity index (χ1) is 10.3. The van der Waals surface area contributed by atoms with Gasteiger partial charge in [0.15, 0.2) is 0 Å². The minimum Gasteiger partial charge on any atom is -0.497 e. The van der Waals surface area contributed by atoms with E-state index in [1.165, 1.54) is 45.4 Å². The Kier molecular flexibility index (Phi) is 4.66. The van der Waals surface area contributed by atoms with Crippen molar-refractivity contribution in [2.45, 2.75) is 19.3 Å². The van der Waals surface area contributed by atoms with E-state index in [0.717, 1.165) is 24.7 Å². The van der Waals surface area contributed by atoms with Crippen molar-refractivity contribution in [2.75, 3.05) is 46.4 Å². The van der Waals surface area contributed by atoms with Gasteiger partial charge in [-0.15, -0.1) is 0 Å². The van der Waals surface area contributed by atoms with Crippen molar-refractivity contribution in [2.24, 2.45) is 5.41 Å². The SMILES string of the molecule is COc1ccc(OCCN2CCC3(CCNCC3)C2)cc1. The molecule has 0 unspecified atom stereocenters. The summed E-state index contributed by atoms with van der Waals surface area (Å²) >= 11 is 0. The third-order valence-corrected chi connectivity index (χ3v) is 4.92. The summed E-state index contributed by atoms with van der Waals surface area (Å²) < 4.78 is 11.0. The number of nitrogens with zero attached hydrogens (tertiary/aromatic N) is 1. The van der Waals surface area contributed by atoms with Crippen LogP contribution in [0.4, 0.5) is 0 Å². The van der Waals surface area contributed by atoms with Gasteiger partial charge in [0.05, 0.1) is 7.11 Å². The second kappa shape index (κ2) is 6.67. The van der Waals surface area contributed by atoms with Crippen LogP contribution in [0, 0.1) is 5.41 Å². The summed E-state index contributed by atoms with van der Waals surface area (Å²) in [7, 11) is 1.68. The fraction of sp³-hybridized carbons (Fsp3) is 0.647. The summed E-state index contributed by atoms with van der Waals surface area (Å²) in [6, 6.07) is 7.82. The second-order valence-corrected chi connectivity index (χ2v) is 6.30. The van der Waals surface area contributed by atoms with E-state index in [4.69, 9.17) is 9.47 Å². The Morgan fingerprint density at radius 2 is 1.81 bits per heavy atom. The molecule has 116 valence electrons. The van der Waals surface area contributed by atoms with Gasteiger partial charge in [0, 0.05) is 13.1 Å². The zero-order chi connectivity index (χ0) is 14.5. The third-order valence-electron chi connectivity index (χ3n) is 4.92. The van der Waals surface area contributed by atoms with Gasteiger partial charge >= 0.3 is 0 Å². The predicted octanol–water partition coefficient (Wildman–Crippen LogP) is 2.15. The molecule has 21 heavy (non-hydrogen) atoms. The highest BCUT2D eigenvalue weighted by Gasteiger charge is 2.38. The maximum absolute atomic E-state index is 5.83. The van der Waals surface area contributed by atoms with Gasteiger partial charge in [-0.3, -0.25) is 4.90 Å². The van der Waals surface area contributed by atoms with Gasteiger partial charge < -0.3 is 14.8 Å². The van der Waals surface area contributed by atoms with E-state index in [9.17, 15) is 0 Å². The molecule has 2 saturated heterocycles. The van der Waals surface area contributed by atoms with Gasteiger partial charge in [-0.1, -0.05) is 0 Å². The lowest BCUT2D eigenvalue weighted by atomic mass is 9.78. The van der Waals surface area contributed by atoms with Crippen molar-refractivity contribution in [3.05, 3.63) is 24.3 Å². The lowest BCUT2D eigenvalue weighted by Crippen LogP contribution is -2.39. The smallest absolute Gasteiger partial charge is 0.119 e. The van der Waals surface area contributed by atoms with E-state index in [0.29, 0.717) is 5.41 Å². The van der Waals surface area contributed by atoms with Crippen LogP contribution in [0.2, 0.25) is 0 Å². The molecule has 2 aliphatic heterocycles. The fourth-order valence-electron chi connectivity index (χ4n) is 3.55. The minimum absolute atomic E-state index is 0.589. The maximum Gasteiger partial charge on any atom is 0.119 e. The van der Waals surface area contributed by atoms with Crippen molar-refractivity contribution >= 4 is 0 Å². The van der Waals surface area contributed by atoms with Crippen molar-refractivity contribution < 1.29 is 9.47 Å². The van der Waals surface area contributed by atoms with Gasteiger partial charge in [-0.25, -0.2) is 0 Å². The van der Waals surface area contributed by atoms with Gasteiger partial charge in [-0.2, -0.15) is 0 Å². The number of methoxy groups -OCH3 is 1. The monoisotopic (exact) mass is 290 g/mol. The zero-order valence-corrected chi connectivity index (χ0v) is 12.9. The molecule has 2 fully saturated rings. The Balaban J connectivity index is 1.41. The molecule has 1 aromatic rings. The van der Waals surface area contributed by atoms with E-state index >= 15 is 0 Å². The normalized spacial score (nSPS) is 21.6. The first kappa shape index (κ1) is 14.7. The average molecular weight is 290 g/mol. The van der Waals surface area contributed by atoms with E-state index in [1.54, 1.807) is 7.11 Å². The van der Waals surface area contributed by atoms with Crippen LogP contribution in [0.25, 0.3) is 0 Å². The van der Waals surface area contributed by atoms with Crippen molar-refractivity contribution in [1.29, 1.82) is 0 Å². The highest BCUT2D eigenvalue weighted by atomic mass is 16.5. The van der Waals surface area contributed by atoms with Crippen LogP contribution < -0.4 is 14.8 Å². The Labute approximate surface area is 127 Å². The summed E-state index contributed by atoms with van der Waals surface area (Å²) in [5.41, 5.74) is 0.589. The first-order valence-electron chi connectivity index (χ1n) is 8.00. The Morgan fingerprint density at radius 1 is 1.10 bits per heavy atom. The highest BCUT2D eigenvalue weighted by Crippen LogP contribution is 2.38. The van der Waals surface area contributed by atoms with E-state index < -0.39 is 0 Å². The number of nitrogens with one attached hydrogen (secondary N) is 1. The quantitative estimate of drug-likeness (QED) is 0.901. The minimum atomic E-state index is 0.589. The van der Waals surface area contributed by atoms with Crippen LogP contribution in [-0.2, 0) is 0 Å². The van der Waals surface area contributed by atoms with Crippen LogP contribution in [-0.4, -0.2) is 51.3 Å². The predicted molar refractivity (Wildman–Crippen MR) is 84.1 cm³/mol. The van der Waals surface area contributed by atoms with Crippen molar-refractivity contribution in [3.63, 3.8) is 0 Å². The van der Waals surface area contributed by atoms with Gasteiger partial charge in [0.2, 0.25) is 0 Å². The van der Waals surface area contributed by atoms with Crippen LogP contribution in [0.1, 0.15) is 19.3 Å². The topological polar surface area (TPSA) is 33.7 Å². The number of hydrogen-bond donors (Lipinski definition) is 1. The largest absolute Gasteiger partial charge is 0.497 e. The van der Waals surface area contributed by atoms with Crippen molar-refractivity contribution in [3.8, 4) is 11.5 Å². The summed E-state index contributed by atoms with van der Waals surface area (Å²) in [5, 5.41) is 3.47. The number of ether oxygens (including phenoxy) is 2. The van der Waals surface area contributed by atoms with E-state index in [2.05, 4.69) is 10.2 Å². The number of rotatable bonds is 5. The second-order valence-electron chi connectivity index (χ2n) is 6.30. The molecule has 0 bridgehead atoms. The van der Waals surface area contributed by atoms with Crippen LogP contribution in [0.15, 0.2) is 24.3 Å². The molecule has 1 N–H and O–H groups in total. The van der Waals surface area contributed by atoms with Crippen molar-refractivity contribution in [1.82, 2.24) is 10.2 Å². The number of likely N-dealkylation sites (tertiary alicyclic amines) is 1. The molecule has 2 heterocycles. The number of hydrogen-bond acceptors (Lipinski definition) is 4. The van der Waals surface area contributed by atoms with Crippen LogP contribution >= 0.6 is 0 Å². The highest BCUT2D eigenvalue weighted by molar-refractivity contribution is 5.31. The Bertz CT molecular complexity index is 441. The van der Waals surface area contributed by atoms with Gasteiger partial charge in [0.1, 0.15) is 18.1 Å². The molecule has 0 aliphatic carbocycles. The molecule has 4 heteroatoms. The molecule has 0 saturated carbocycles. The first-order valence-corrected chi connectivity index (χ1v) is 8.00. The lowest BCUT2D eigenvalue weighted by Gasteiger charge is -2.33. The summed E-state index contributed by atoms with van der Waals surface area (Å²) in [4.78, 5) is 2.56. The molecule has 3 rings (SSSR count). The molecular weight excluding hydrogens is 264 g/mol. The fourth-order valence-corrected chi connectivity index (χ4v) is 3.55. The average Bonchev–Trinajstić information content (AvgIpc) is 2.91. The van der Waals surface area contributed by atoms with E-state index in [1.807, 2.05) is 24.3 Å². The Morgan fingerprint density at radius 3 is 2.52 bits per heavy atom. The van der Waals surface area contributed by atoms with Crippen LogP contribution in [0.5, 0.6) is 11.5 Å². The molecule has 0 amide bonds. The maximum atomic E-state index is 5.83. The third kappa shape index (κ3) is 3.69. The van der Waals surface area contributed by atoms with Gasteiger partial charge in [-0.05, 0) is 68.6 Å². The summed E-state index contributed by atoms with van der Waals surface area (Å²) in [6.07, 6.45) is 4.03. The zero-order valence-electron chi connectivity index (χ0n) is 12.9. The standard InChI is InChI=1S/C17H26N2O2/c1-20-15-2-4-16(5-3-15)21-13-12-19-11-8-17(14-19)6-9-18-10-7-17/h2-5,18H,6-14H2,1H3. The van der Waals surface area contributed by atoms with E-state index in [-0.39, 0.29) is 0 Å². The van der Waals surface area contributed by atoms with Gasteiger partial charge in [0.25, 0.3) is 0 Å². The van der Waals surface area contributed by atoms with Crippen LogP contribution in [0.3, 0.4) is 0 Å². The molecule has 0 aromatic heterocycles. The molecule has 2 aliphatic rings. The number of benzene rings is 1. The summed E-state index contributed by atoms with van der Waals surface area (Å²) in [6.45, 7) is 6.65. The lowest BCUT2D eigenvalue weighted by molar-refractivity contribution is 0.180. The molecule has 4 nitrogen and oxygen atoms in total. The number of piperidine rings is 1. The molecular formula is C17H26N2O2. The molecule has 0 atom stereocenters. The molecule has 1 aromatic carbocycles. The molecule has 0 radical (unpaired) electrons. The molecule has 1 spiro atoms. The summed E-state index contributed by atoms with van der Waals surface area (Å²) in [5.74, 6) is 1.79. The Hall–Kier alpha value is -1.26.